The van der Waals surface area contributed by atoms with E-state index >= 15 is 8.78 Å². The number of carboxylic acid groups (broad SMARTS) is 1. The normalized spacial score (nSPS) is 22.3. The maximum absolute atomic E-state index is 15.7. The lowest BCUT2D eigenvalue weighted by molar-refractivity contribution is -0.118. The smallest absolute Gasteiger partial charge is 0.335 e. The van der Waals surface area contributed by atoms with Crippen molar-refractivity contribution >= 4 is 40.8 Å². The zero-order valence-corrected chi connectivity index (χ0v) is 24.4. The molecular weight excluding hydrogens is 571 g/mol. The van der Waals surface area contributed by atoms with E-state index in [1.807, 2.05) is 20.8 Å². The summed E-state index contributed by atoms with van der Waals surface area (Å²) in [6.45, 7) is 7.44. The van der Waals surface area contributed by atoms with E-state index in [4.69, 9.17) is 23.2 Å². The fraction of sp³-hybridized carbons (Fsp3) is 0.323. The van der Waals surface area contributed by atoms with Crippen LogP contribution in [0, 0.1) is 35.3 Å². The Hall–Kier alpha value is -3.51. The number of anilines is 1. The number of nitrogens with one attached hydrogen (secondary N) is 2. The highest BCUT2D eigenvalue weighted by molar-refractivity contribution is 6.31. The Morgan fingerprint density at radius 1 is 1.12 bits per heavy atom. The van der Waals surface area contributed by atoms with Gasteiger partial charge in [-0.15, -0.1) is 0 Å². The molecule has 0 saturated carbocycles. The lowest BCUT2D eigenvalue weighted by Gasteiger charge is -2.37. The molecule has 3 aromatic rings. The topological polar surface area (TPSA) is 102 Å². The fourth-order valence-electron chi connectivity index (χ4n) is 5.76. The average molecular weight is 600 g/mol. The monoisotopic (exact) mass is 599 g/mol. The van der Waals surface area contributed by atoms with E-state index in [1.165, 1.54) is 48.5 Å². The van der Waals surface area contributed by atoms with Crippen LogP contribution >= 0.6 is 23.2 Å². The molecule has 1 amide bonds. The van der Waals surface area contributed by atoms with Crippen molar-refractivity contribution in [3.05, 3.63) is 98.5 Å². The number of hydrogen-bond donors (Lipinski definition) is 3. The molecule has 1 saturated heterocycles. The van der Waals surface area contributed by atoms with Crippen LogP contribution in [-0.2, 0) is 10.2 Å². The number of halogens is 4. The van der Waals surface area contributed by atoms with Crippen LogP contribution in [0.25, 0.3) is 0 Å². The first-order valence-electron chi connectivity index (χ1n) is 12.9. The first-order valence-corrected chi connectivity index (χ1v) is 13.7. The Morgan fingerprint density at radius 3 is 2.41 bits per heavy atom. The fourth-order valence-corrected chi connectivity index (χ4v) is 6.10. The number of amides is 1. The second kappa shape index (κ2) is 11.4. The highest BCUT2D eigenvalue weighted by Crippen LogP contribution is 2.52. The van der Waals surface area contributed by atoms with Crippen molar-refractivity contribution in [3.63, 3.8) is 0 Å². The molecule has 0 radical (unpaired) electrons. The first kappa shape index (κ1) is 30.4. The van der Waals surface area contributed by atoms with Gasteiger partial charge in [0, 0.05) is 28.2 Å². The van der Waals surface area contributed by atoms with Gasteiger partial charge in [0.15, 0.2) is 0 Å². The summed E-state index contributed by atoms with van der Waals surface area (Å²) in [7, 11) is 0. The van der Waals surface area contributed by atoms with E-state index in [9.17, 15) is 20.0 Å². The number of nitriles is 1. The van der Waals surface area contributed by atoms with Gasteiger partial charge in [0.25, 0.3) is 0 Å². The van der Waals surface area contributed by atoms with Crippen LogP contribution in [0.2, 0.25) is 10.0 Å². The lowest BCUT2D eigenvalue weighted by Crippen LogP contribution is -2.45. The molecule has 0 aromatic heterocycles. The van der Waals surface area contributed by atoms with Crippen molar-refractivity contribution in [1.82, 2.24) is 5.32 Å². The molecule has 4 rings (SSSR count). The summed E-state index contributed by atoms with van der Waals surface area (Å²) in [5.74, 6) is -4.50. The Labute approximate surface area is 247 Å². The molecule has 3 N–H and O–H groups in total. The summed E-state index contributed by atoms with van der Waals surface area (Å²) < 4.78 is 31.4. The molecule has 4 atom stereocenters. The molecule has 0 spiro atoms. The summed E-state index contributed by atoms with van der Waals surface area (Å²) in [5.41, 5.74) is -1.36. The van der Waals surface area contributed by atoms with E-state index in [-0.39, 0.29) is 32.2 Å². The van der Waals surface area contributed by atoms with E-state index in [0.29, 0.717) is 17.7 Å². The average Bonchev–Trinajstić information content (AvgIpc) is 3.18. The Morgan fingerprint density at radius 2 is 1.83 bits per heavy atom. The molecule has 0 aliphatic carbocycles. The number of benzene rings is 3. The highest BCUT2D eigenvalue weighted by atomic mass is 35.5. The molecule has 214 valence electrons. The van der Waals surface area contributed by atoms with Crippen LogP contribution in [0.4, 0.5) is 14.5 Å². The van der Waals surface area contributed by atoms with E-state index in [2.05, 4.69) is 16.7 Å². The van der Waals surface area contributed by atoms with Crippen LogP contribution in [0.5, 0.6) is 0 Å². The van der Waals surface area contributed by atoms with Gasteiger partial charge in [0.05, 0.1) is 22.7 Å². The molecule has 1 aliphatic heterocycles. The number of carbonyl (C=O) groups is 2. The Kier molecular flexibility index (Phi) is 8.47. The molecule has 1 fully saturated rings. The quantitative estimate of drug-likeness (QED) is 0.277. The number of aromatic carboxylic acids is 1. The first-order chi connectivity index (χ1) is 19.2. The number of carboxylic acids is 1. The van der Waals surface area contributed by atoms with Gasteiger partial charge in [-0.1, -0.05) is 62.2 Å². The van der Waals surface area contributed by atoms with Gasteiger partial charge < -0.3 is 15.7 Å². The van der Waals surface area contributed by atoms with Crippen molar-refractivity contribution in [2.45, 2.75) is 57.5 Å². The molecule has 1 aliphatic rings. The molecule has 10 heteroatoms. The third-order valence-corrected chi connectivity index (χ3v) is 7.98. The van der Waals surface area contributed by atoms with E-state index in [0.717, 1.165) is 6.07 Å². The molecular formula is C31H29Cl2F2N3O3. The minimum Gasteiger partial charge on any atom is -0.478 e. The summed E-state index contributed by atoms with van der Waals surface area (Å²) in [6, 6.07) is 12.9. The summed E-state index contributed by atoms with van der Waals surface area (Å²) >= 11 is 12.2. The number of carbonyl (C=O) groups excluding carboxylic acids is 1. The number of rotatable bonds is 6. The van der Waals surface area contributed by atoms with Gasteiger partial charge in [0.1, 0.15) is 17.0 Å². The minimum atomic E-state index is -1.75. The van der Waals surface area contributed by atoms with Crippen LogP contribution < -0.4 is 10.6 Å². The summed E-state index contributed by atoms with van der Waals surface area (Å²) in [5, 5.41) is 26.2. The van der Waals surface area contributed by atoms with Gasteiger partial charge in [0.2, 0.25) is 5.91 Å². The van der Waals surface area contributed by atoms with Gasteiger partial charge in [-0.2, -0.15) is 5.26 Å². The van der Waals surface area contributed by atoms with Crippen molar-refractivity contribution in [2.24, 2.45) is 5.41 Å². The predicted octanol–water partition coefficient (Wildman–Crippen LogP) is 7.24. The Bertz CT molecular complexity index is 1570. The number of hydrogen-bond acceptors (Lipinski definition) is 4. The van der Waals surface area contributed by atoms with Crippen LogP contribution in [0.1, 0.15) is 60.2 Å². The standard InChI is InChI=1S/C31H29Cl2F2N3O3/c1-16-12-18(9-10-19(16)29(40)41)37-28(39)27-25(20-6-5-7-22(33)26(20)35)31(15-36,24(38-27)14-30(2,3)4)21-11-8-17(32)13-23(21)34/h5-13,24-25,27,38H,14H2,1-4H3,(H,37,39)(H,40,41)/t24-,25-,27+,31-/m0/s1. The van der Waals surface area contributed by atoms with Gasteiger partial charge in [-0.25, -0.2) is 13.6 Å². The third kappa shape index (κ3) is 5.80. The molecule has 6 nitrogen and oxygen atoms in total. The van der Waals surface area contributed by atoms with E-state index in [1.54, 1.807) is 6.92 Å². The second-order valence-electron chi connectivity index (χ2n) is 11.5. The number of nitrogens with zero attached hydrogens (tertiary/aromatic N) is 1. The lowest BCUT2D eigenvalue weighted by atomic mass is 9.62. The predicted molar refractivity (Wildman–Crippen MR) is 154 cm³/mol. The maximum atomic E-state index is 15.7. The maximum Gasteiger partial charge on any atom is 0.335 e. The molecule has 1 heterocycles. The van der Waals surface area contributed by atoms with Crippen molar-refractivity contribution < 1.29 is 23.5 Å². The van der Waals surface area contributed by atoms with Crippen LogP contribution in [0.15, 0.2) is 54.6 Å². The van der Waals surface area contributed by atoms with Crippen molar-refractivity contribution in [3.8, 4) is 6.07 Å². The molecule has 0 bridgehead atoms. The Balaban J connectivity index is 1.93. The van der Waals surface area contributed by atoms with Crippen LogP contribution in [0.3, 0.4) is 0 Å². The van der Waals surface area contributed by atoms with Crippen molar-refractivity contribution in [2.75, 3.05) is 5.32 Å². The van der Waals surface area contributed by atoms with Crippen LogP contribution in [-0.4, -0.2) is 29.1 Å². The zero-order chi connectivity index (χ0) is 30.3. The molecule has 3 aromatic carbocycles. The van der Waals surface area contributed by atoms with Crippen molar-refractivity contribution in [1.29, 1.82) is 5.26 Å². The largest absolute Gasteiger partial charge is 0.478 e. The minimum absolute atomic E-state index is 0.0186. The summed E-state index contributed by atoms with van der Waals surface area (Å²) in [6.07, 6.45) is 0.331. The van der Waals surface area contributed by atoms with E-state index < -0.39 is 46.9 Å². The summed E-state index contributed by atoms with van der Waals surface area (Å²) in [4.78, 5) is 25.4. The zero-order valence-electron chi connectivity index (χ0n) is 22.9. The highest BCUT2D eigenvalue weighted by Gasteiger charge is 2.61. The van der Waals surface area contributed by atoms with Gasteiger partial charge in [-0.05, 0) is 66.3 Å². The molecule has 41 heavy (non-hydrogen) atoms. The van der Waals surface area contributed by atoms with Gasteiger partial charge in [-0.3, -0.25) is 4.79 Å². The third-order valence-electron chi connectivity index (χ3n) is 7.46. The van der Waals surface area contributed by atoms with Gasteiger partial charge >= 0.3 is 5.97 Å². The SMILES string of the molecule is Cc1cc(NC(=O)[C@@H]2N[C@@H](CC(C)(C)C)[C@](C#N)(c3ccc(Cl)cc3F)[C@H]2c2cccc(Cl)c2F)ccc1C(=O)O. The number of aryl methyl sites for hydroxylation is 1. The second-order valence-corrected chi connectivity index (χ2v) is 12.4. The molecule has 0 unspecified atom stereocenters.